The van der Waals surface area contributed by atoms with Crippen molar-refractivity contribution in [2.45, 2.75) is 25.4 Å². The maximum atomic E-state index is 12.3. The average molecular weight is 249 g/mol. The van der Waals surface area contributed by atoms with Crippen molar-refractivity contribution in [3.63, 3.8) is 0 Å². The maximum Gasteiger partial charge on any atom is 0.257 e. The van der Waals surface area contributed by atoms with Crippen molar-refractivity contribution in [3.8, 4) is 0 Å². The second-order valence-corrected chi connectivity index (χ2v) is 4.62. The Bertz CT molecular complexity index is 428. The zero-order chi connectivity index (χ0) is 13.0. The molecule has 2 N–H and O–H groups in total. The number of carbonyl (C=O) groups is 1. The standard InChI is InChI=1S/C13H19N3O2/c1-10-3-6-15-11(9-10)16-12(17)13(18-2)4-7-14-8-5-13/h3,6,9,14H,4-5,7-8H2,1-2H3,(H,15,16,17). The van der Waals surface area contributed by atoms with Gasteiger partial charge in [0.05, 0.1) is 0 Å². The van der Waals surface area contributed by atoms with Crippen LogP contribution >= 0.6 is 0 Å². The Morgan fingerprint density at radius 2 is 2.22 bits per heavy atom. The highest BCUT2D eigenvalue weighted by Crippen LogP contribution is 2.24. The molecule has 0 spiro atoms. The summed E-state index contributed by atoms with van der Waals surface area (Å²) in [5.41, 5.74) is 0.341. The van der Waals surface area contributed by atoms with Gasteiger partial charge in [0.25, 0.3) is 5.91 Å². The van der Waals surface area contributed by atoms with Gasteiger partial charge in [-0.3, -0.25) is 4.79 Å². The number of aryl methyl sites for hydroxylation is 1. The first kappa shape index (κ1) is 13.0. The van der Waals surface area contributed by atoms with Crippen molar-refractivity contribution in [1.29, 1.82) is 0 Å². The van der Waals surface area contributed by atoms with Gasteiger partial charge in [-0.2, -0.15) is 0 Å². The van der Waals surface area contributed by atoms with Crippen LogP contribution in [-0.2, 0) is 9.53 Å². The highest BCUT2D eigenvalue weighted by atomic mass is 16.5. The van der Waals surface area contributed by atoms with Gasteiger partial charge in [-0.1, -0.05) is 0 Å². The van der Waals surface area contributed by atoms with Crippen molar-refractivity contribution in [2.24, 2.45) is 0 Å². The highest BCUT2D eigenvalue weighted by molar-refractivity contribution is 5.96. The van der Waals surface area contributed by atoms with Crippen LogP contribution in [0.4, 0.5) is 5.82 Å². The quantitative estimate of drug-likeness (QED) is 0.842. The van der Waals surface area contributed by atoms with E-state index in [1.54, 1.807) is 13.3 Å². The lowest BCUT2D eigenvalue weighted by Gasteiger charge is -2.34. The molecule has 1 aliphatic heterocycles. The van der Waals surface area contributed by atoms with Crippen LogP contribution in [0.5, 0.6) is 0 Å². The topological polar surface area (TPSA) is 63.2 Å². The Kier molecular flexibility index (Phi) is 3.93. The molecule has 1 fully saturated rings. The van der Waals surface area contributed by atoms with Gasteiger partial charge in [0.15, 0.2) is 0 Å². The Morgan fingerprint density at radius 3 is 2.83 bits per heavy atom. The third kappa shape index (κ3) is 2.68. The number of hydrogen-bond acceptors (Lipinski definition) is 4. The van der Waals surface area contributed by atoms with E-state index in [9.17, 15) is 4.79 Å². The number of nitrogens with one attached hydrogen (secondary N) is 2. The van der Waals surface area contributed by atoms with Crippen LogP contribution in [0.15, 0.2) is 18.3 Å². The van der Waals surface area contributed by atoms with Crippen molar-refractivity contribution < 1.29 is 9.53 Å². The third-order valence-electron chi connectivity index (χ3n) is 3.37. The summed E-state index contributed by atoms with van der Waals surface area (Å²) in [5.74, 6) is 0.472. The summed E-state index contributed by atoms with van der Waals surface area (Å²) in [6.45, 7) is 3.55. The smallest absolute Gasteiger partial charge is 0.257 e. The zero-order valence-electron chi connectivity index (χ0n) is 10.8. The van der Waals surface area contributed by atoms with Gasteiger partial charge in [0, 0.05) is 13.3 Å². The fraction of sp³-hybridized carbons (Fsp3) is 0.538. The van der Waals surface area contributed by atoms with E-state index in [0.29, 0.717) is 18.7 Å². The molecule has 0 aromatic carbocycles. The maximum absolute atomic E-state index is 12.3. The lowest BCUT2D eigenvalue weighted by molar-refractivity contribution is -0.140. The number of ether oxygens (including phenoxy) is 1. The number of hydrogen-bond donors (Lipinski definition) is 2. The third-order valence-corrected chi connectivity index (χ3v) is 3.37. The summed E-state index contributed by atoms with van der Waals surface area (Å²) in [4.78, 5) is 16.5. The highest BCUT2D eigenvalue weighted by Gasteiger charge is 2.39. The molecule has 18 heavy (non-hydrogen) atoms. The fourth-order valence-electron chi connectivity index (χ4n) is 2.19. The Morgan fingerprint density at radius 1 is 1.50 bits per heavy atom. The number of carbonyl (C=O) groups excluding carboxylic acids is 1. The van der Waals surface area contributed by atoms with Gasteiger partial charge in [-0.25, -0.2) is 4.98 Å². The first-order valence-corrected chi connectivity index (χ1v) is 6.16. The molecular weight excluding hydrogens is 230 g/mol. The van der Waals surface area contributed by atoms with Crippen LogP contribution in [-0.4, -0.2) is 36.7 Å². The molecule has 1 aromatic heterocycles. The first-order chi connectivity index (χ1) is 8.66. The number of amides is 1. The molecule has 1 aromatic rings. The predicted octanol–water partition coefficient (Wildman–Crippen LogP) is 1.10. The molecule has 0 unspecified atom stereocenters. The van der Waals surface area contributed by atoms with Crippen molar-refractivity contribution >= 4 is 11.7 Å². The molecule has 1 saturated heterocycles. The van der Waals surface area contributed by atoms with Gasteiger partial charge in [0.2, 0.25) is 0 Å². The van der Waals surface area contributed by atoms with E-state index in [0.717, 1.165) is 18.7 Å². The summed E-state index contributed by atoms with van der Waals surface area (Å²) < 4.78 is 5.46. The molecular formula is C13H19N3O2. The number of methoxy groups -OCH3 is 1. The molecule has 2 heterocycles. The Labute approximate surface area is 107 Å². The van der Waals surface area contributed by atoms with Gasteiger partial charge in [0.1, 0.15) is 11.4 Å². The summed E-state index contributed by atoms with van der Waals surface area (Å²) in [5, 5.41) is 6.07. The van der Waals surface area contributed by atoms with Crippen LogP contribution in [0.25, 0.3) is 0 Å². The normalized spacial score (nSPS) is 18.3. The first-order valence-electron chi connectivity index (χ1n) is 6.16. The summed E-state index contributed by atoms with van der Waals surface area (Å²) >= 11 is 0. The van der Waals surface area contributed by atoms with Crippen LogP contribution in [0.1, 0.15) is 18.4 Å². The molecule has 1 aliphatic rings. The molecule has 5 nitrogen and oxygen atoms in total. The lowest BCUT2D eigenvalue weighted by atomic mass is 9.91. The van der Waals surface area contributed by atoms with Gasteiger partial charge >= 0.3 is 0 Å². The molecule has 0 atom stereocenters. The predicted molar refractivity (Wildman–Crippen MR) is 69.4 cm³/mol. The number of rotatable bonds is 3. The van der Waals surface area contributed by atoms with E-state index >= 15 is 0 Å². The molecule has 5 heteroatoms. The van der Waals surface area contributed by atoms with E-state index in [4.69, 9.17) is 4.74 Å². The Balaban J connectivity index is 2.10. The van der Waals surface area contributed by atoms with Gasteiger partial charge in [-0.15, -0.1) is 0 Å². The summed E-state index contributed by atoms with van der Waals surface area (Å²) in [7, 11) is 1.59. The fourth-order valence-corrected chi connectivity index (χ4v) is 2.19. The number of aromatic nitrogens is 1. The van der Waals surface area contributed by atoms with Crippen molar-refractivity contribution in [3.05, 3.63) is 23.9 Å². The van der Waals surface area contributed by atoms with Crippen LogP contribution in [0.3, 0.4) is 0 Å². The Hall–Kier alpha value is -1.46. The lowest BCUT2D eigenvalue weighted by Crippen LogP contribution is -2.51. The van der Waals surface area contributed by atoms with E-state index in [2.05, 4.69) is 15.6 Å². The number of piperidine rings is 1. The molecule has 1 amide bonds. The van der Waals surface area contributed by atoms with E-state index in [-0.39, 0.29) is 5.91 Å². The van der Waals surface area contributed by atoms with Crippen LogP contribution in [0.2, 0.25) is 0 Å². The minimum Gasteiger partial charge on any atom is -0.368 e. The minimum absolute atomic E-state index is 0.107. The monoisotopic (exact) mass is 249 g/mol. The number of anilines is 1. The summed E-state index contributed by atoms with van der Waals surface area (Å²) in [6, 6.07) is 3.74. The van der Waals surface area contributed by atoms with E-state index in [1.807, 2.05) is 19.1 Å². The molecule has 0 aliphatic carbocycles. The van der Waals surface area contributed by atoms with Crippen molar-refractivity contribution in [2.75, 3.05) is 25.5 Å². The second-order valence-electron chi connectivity index (χ2n) is 4.62. The minimum atomic E-state index is -0.726. The van der Waals surface area contributed by atoms with Crippen LogP contribution in [0, 0.1) is 6.92 Å². The van der Waals surface area contributed by atoms with Crippen molar-refractivity contribution in [1.82, 2.24) is 10.3 Å². The SMILES string of the molecule is COC1(C(=O)Nc2cc(C)ccn2)CCNCC1. The van der Waals surface area contributed by atoms with Crippen LogP contribution < -0.4 is 10.6 Å². The average Bonchev–Trinajstić information content (AvgIpc) is 2.39. The zero-order valence-corrected chi connectivity index (χ0v) is 10.8. The number of nitrogens with zero attached hydrogens (tertiary/aromatic N) is 1. The van der Waals surface area contributed by atoms with Gasteiger partial charge in [-0.05, 0) is 50.6 Å². The molecule has 2 rings (SSSR count). The molecule has 98 valence electrons. The molecule has 0 saturated carbocycles. The van der Waals surface area contributed by atoms with Gasteiger partial charge < -0.3 is 15.4 Å². The molecule has 0 bridgehead atoms. The largest absolute Gasteiger partial charge is 0.368 e. The second kappa shape index (κ2) is 5.46. The number of pyridine rings is 1. The van der Waals surface area contributed by atoms with E-state index in [1.165, 1.54) is 0 Å². The molecule has 0 radical (unpaired) electrons. The summed E-state index contributed by atoms with van der Waals surface area (Å²) in [6.07, 6.45) is 3.05. The van der Waals surface area contributed by atoms with E-state index < -0.39 is 5.60 Å².